The van der Waals surface area contributed by atoms with Gasteiger partial charge < -0.3 is 19.5 Å². The quantitative estimate of drug-likeness (QED) is 0.844. The third kappa shape index (κ3) is 4.43. The number of hydrogen-bond acceptors (Lipinski definition) is 5. The summed E-state index contributed by atoms with van der Waals surface area (Å²) in [6, 6.07) is 9.50. The highest BCUT2D eigenvalue weighted by molar-refractivity contribution is 5.51. The van der Waals surface area contributed by atoms with Gasteiger partial charge in [-0.2, -0.15) is 0 Å². The molecule has 1 aromatic heterocycles. The number of nitrogens with one attached hydrogen (secondary N) is 1. The predicted molar refractivity (Wildman–Crippen MR) is 107 cm³/mol. The van der Waals surface area contributed by atoms with E-state index < -0.39 is 0 Å². The standard InChI is InChI=1S/C21H31N5O/c1-27-20-9-5-8-19(14-20)25-12-10-17(11-13-25)22-15-21-24-23-16-26(21)18-6-3-2-4-7-18/h5,8-9,14,16-18,22H,2-4,6-7,10-13,15H2,1H3. The second-order valence-electron chi connectivity index (χ2n) is 7.79. The first kappa shape index (κ1) is 18.3. The molecule has 1 aliphatic carbocycles. The van der Waals surface area contributed by atoms with Crippen molar-refractivity contribution in [1.82, 2.24) is 20.1 Å². The molecule has 4 rings (SSSR count). The lowest BCUT2D eigenvalue weighted by Crippen LogP contribution is -2.42. The monoisotopic (exact) mass is 369 g/mol. The zero-order chi connectivity index (χ0) is 18.5. The van der Waals surface area contributed by atoms with E-state index in [2.05, 4.69) is 43.2 Å². The van der Waals surface area contributed by atoms with Crippen molar-refractivity contribution < 1.29 is 4.74 Å². The van der Waals surface area contributed by atoms with Gasteiger partial charge in [0.1, 0.15) is 17.9 Å². The van der Waals surface area contributed by atoms with Crippen LogP contribution >= 0.6 is 0 Å². The van der Waals surface area contributed by atoms with Crippen molar-refractivity contribution in [1.29, 1.82) is 0 Å². The third-order valence-corrected chi connectivity index (χ3v) is 6.08. The number of aromatic nitrogens is 3. The maximum absolute atomic E-state index is 5.35. The van der Waals surface area contributed by atoms with Crippen molar-refractivity contribution in [3.8, 4) is 5.75 Å². The summed E-state index contributed by atoms with van der Waals surface area (Å²) in [5, 5.41) is 12.3. The van der Waals surface area contributed by atoms with Gasteiger partial charge in [-0.1, -0.05) is 25.3 Å². The summed E-state index contributed by atoms with van der Waals surface area (Å²) in [7, 11) is 1.72. The average Bonchev–Trinajstić information content (AvgIpc) is 3.22. The SMILES string of the molecule is COc1cccc(N2CCC(NCc3nncn3C3CCCCC3)CC2)c1. The van der Waals surface area contributed by atoms with Crippen LogP contribution in [0.25, 0.3) is 0 Å². The van der Waals surface area contributed by atoms with Gasteiger partial charge in [-0.15, -0.1) is 10.2 Å². The van der Waals surface area contributed by atoms with Crippen molar-refractivity contribution in [3.05, 3.63) is 36.4 Å². The van der Waals surface area contributed by atoms with Gasteiger partial charge in [0.05, 0.1) is 13.7 Å². The molecule has 146 valence electrons. The first-order chi connectivity index (χ1) is 13.3. The number of ether oxygens (including phenoxy) is 1. The molecule has 1 saturated heterocycles. The lowest BCUT2D eigenvalue weighted by Gasteiger charge is -2.34. The minimum Gasteiger partial charge on any atom is -0.497 e. The Hall–Kier alpha value is -2.08. The van der Waals surface area contributed by atoms with Crippen LogP contribution < -0.4 is 15.0 Å². The number of nitrogens with zero attached hydrogens (tertiary/aromatic N) is 4. The summed E-state index contributed by atoms with van der Waals surface area (Å²) in [5.74, 6) is 2.02. The highest BCUT2D eigenvalue weighted by atomic mass is 16.5. The molecule has 27 heavy (non-hydrogen) atoms. The highest BCUT2D eigenvalue weighted by Gasteiger charge is 2.22. The molecule has 1 saturated carbocycles. The minimum absolute atomic E-state index is 0.545. The van der Waals surface area contributed by atoms with E-state index in [-0.39, 0.29) is 0 Å². The van der Waals surface area contributed by atoms with Crippen molar-refractivity contribution >= 4 is 5.69 Å². The Balaban J connectivity index is 1.28. The van der Waals surface area contributed by atoms with Crippen LogP contribution in [0.15, 0.2) is 30.6 Å². The van der Waals surface area contributed by atoms with Gasteiger partial charge in [-0.05, 0) is 37.8 Å². The first-order valence-corrected chi connectivity index (χ1v) is 10.3. The number of methoxy groups -OCH3 is 1. The fourth-order valence-electron chi connectivity index (χ4n) is 4.44. The topological polar surface area (TPSA) is 55.2 Å². The van der Waals surface area contributed by atoms with Crippen LogP contribution in [0.1, 0.15) is 56.8 Å². The van der Waals surface area contributed by atoms with Crippen LogP contribution in [0.5, 0.6) is 5.75 Å². The van der Waals surface area contributed by atoms with Gasteiger partial charge in [0.25, 0.3) is 0 Å². The molecule has 6 nitrogen and oxygen atoms in total. The third-order valence-electron chi connectivity index (χ3n) is 6.08. The maximum Gasteiger partial charge on any atom is 0.147 e. The van der Waals surface area contributed by atoms with Gasteiger partial charge in [0.15, 0.2) is 0 Å². The lowest BCUT2D eigenvalue weighted by molar-refractivity contribution is 0.337. The van der Waals surface area contributed by atoms with Gasteiger partial charge in [0, 0.05) is 36.9 Å². The minimum atomic E-state index is 0.545. The maximum atomic E-state index is 5.35. The number of hydrogen-bond donors (Lipinski definition) is 1. The average molecular weight is 370 g/mol. The van der Waals surface area contributed by atoms with E-state index >= 15 is 0 Å². The summed E-state index contributed by atoms with van der Waals surface area (Å²) in [4.78, 5) is 2.45. The van der Waals surface area contributed by atoms with Gasteiger partial charge in [-0.3, -0.25) is 0 Å². The number of benzene rings is 1. The van der Waals surface area contributed by atoms with E-state index in [1.807, 2.05) is 12.4 Å². The van der Waals surface area contributed by atoms with E-state index in [1.54, 1.807) is 7.11 Å². The van der Waals surface area contributed by atoms with Gasteiger partial charge >= 0.3 is 0 Å². The van der Waals surface area contributed by atoms with E-state index in [1.165, 1.54) is 37.8 Å². The van der Waals surface area contributed by atoms with Crippen molar-refractivity contribution in [3.63, 3.8) is 0 Å². The Morgan fingerprint density at radius 2 is 1.93 bits per heavy atom. The fraction of sp³-hybridized carbons (Fsp3) is 0.619. The molecule has 0 spiro atoms. The summed E-state index contributed by atoms with van der Waals surface area (Å²) >= 11 is 0. The molecule has 0 unspecified atom stereocenters. The molecule has 0 bridgehead atoms. The van der Waals surface area contributed by atoms with Crippen molar-refractivity contribution in [2.75, 3.05) is 25.1 Å². The van der Waals surface area contributed by atoms with Crippen molar-refractivity contribution in [2.24, 2.45) is 0 Å². The van der Waals surface area contributed by atoms with Gasteiger partial charge in [0.2, 0.25) is 0 Å². The Bertz CT molecular complexity index is 717. The molecule has 2 aliphatic rings. The molecule has 0 radical (unpaired) electrons. The normalized spacial score (nSPS) is 19.4. The largest absolute Gasteiger partial charge is 0.497 e. The Morgan fingerprint density at radius 3 is 2.70 bits per heavy atom. The molecule has 1 N–H and O–H groups in total. The fourth-order valence-corrected chi connectivity index (χ4v) is 4.44. The summed E-state index contributed by atoms with van der Waals surface area (Å²) in [6.07, 6.45) is 10.8. The Morgan fingerprint density at radius 1 is 1.11 bits per heavy atom. The first-order valence-electron chi connectivity index (χ1n) is 10.3. The molecule has 2 heterocycles. The zero-order valence-corrected chi connectivity index (χ0v) is 16.3. The zero-order valence-electron chi connectivity index (χ0n) is 16.3. The van der Waals surface area contributed by atoms with Crippen LogP contribution in [-0.2, 0) is 6.54 Å². The van der Waals surface area contributed by atoms with Crippen LogP contribution in [0.2, 0.25) is 0 Å². The number of anilines is 1. The lowest BCUT2D eigenvalue weighted by atomic mass is 9.95. The molecule has 0 atom stereocenters. The molecular weight excluding hydrogens is 338 g/mol. The summed E-state index contributed by atoms with van der Waals surface area (Å²) in [6.45, 7) is 2.96. The molecule has 2 aromatic rings. The van der Waals surface area contributed by atoms with Crippen LogP contribution in [0.4, 0.5) is 5.69 Å². The predicted octanol–water partition coefficient (Wildman–Crippen LogP) is 3.55. The number of rotatable bonds is 6. The smallest absolute Gasteiger partial charge is 0.147 e. The second kappa shape index (κ2) is 8.74. The van der Waals surface area contributed by atoms with Gasteiger partial charge in [-0.25, -0.2) is 0 Å². The van der Waals surface area contributed by atoms with E-state index in [9.17, 15) is 0 Å². The van der Waals surface area contributed by atoms with Crippen molar-refractivity contribution in [2.45, 2.75) is 63.6 Å². The van der Waals surface area contributed by atoms with Crippen LogP contribution in [0.3, 0.4) is 0 Å². The van der Waals surface area contributed by atoms with E-state index in [0.717, 1.165) is 44.0 Å². The molecule has 6 heteroatoms. The second-order valence-corrected chi connectivity index (χ2v) is 7.79. The molecule has 2 fully saturated rings. The Kier molecular flexibility index (Phi) is 5.92. The molecular formula is C21H31N5O. The van der Waals surface area contributed by atoms with Crippen LogP contribution in [-0.4, -0.2) is 41.0 Å². The Labute approximate surface area is 161 Å². The molecule has 1 aliphatic heterocycles. The van der Waals surface area contributed by atoms with Crippen LogP contribution in [0, 0.1) is 0 Å². The molecule has 1 aromatic carbocycles. The summed E-state index contributed by atoms with van der Waals surface area (Å²) in [5.41, 5.74) is 1.25. The molecule has 0 amide bonds. The van der Waals surface area contributed by atoms with E-state index in [4.69, 9.17) is 4.74 Å². The number of piperidine rings is 1. The van der Waals surface area contributed by atoms with E-state index in [0.29, 0.717) is 12.1 Å². The highest BCUT2D eigenvalue weighted by Crippen LogP contribution is 2.29. The summed E-state index contributed by atoms with van der Waals surface area (Å²) < 4.78 is 7.67.